The van der Waals surface area contributed by atoms with Crippen molar-refractivity contribution in [3.63, 3.8) is 0 Å². The zero-order valence-corrected chi connectivity index (χ0v) is 12.7. The lowest BCUT2D eigenvalue weighted by molar-refractivity contribution is -0.134. The Morgan fingerprint density at radius 1 is 1.33 bits per heavy atom. The van der Waals surface area contributed by atoms with E-state index in [1.807, 2.05) is 35.2 Å². The van der Waals surface area contributed by atoms with Crippen LogP contribution in [0.1, 0.15) is 18.4 Å². The first-order chi connectivity index (χ1) is 10.2. The summed E-state index contributed by atoms with van der Waals surface area (Å²) in [5.41, 5.74) is 0.643. The molecule has 0 aliphatic carbocycles. The van der Waals surface area contributed by atoms with Crippen LogP contribution in [0.4, 0.5) is 0 Å². The van der Waals surface area contributed by atoms with Crippen LogP contribution < -0.4 is 5.32 Å². The maximum absolute atomic E-state index is 12.4. The Kier molecular flexibility index (Phi) is 4.18. The Balaban J connectivity index is 1.69. The van der Waals surface area contributed by atoms with Crippen molar-refractivity contribution in [2.24, 2.45) is 0 Å². The van der Waals surface area contributed by atoms with Crippen molar-refractivity contribution < 1.29 is 4.79 Å². The monoisotopic (exact) mass is 301 g/mol. The molecule has 1 unspecified atom stereocenters. The van der Waals surface area contributed by atoms with Gasteiger partial charge in [0.05, 0.1) is 17.5 Å². The topological polar surface area (TPSA) is 56.1 Å². The van der Waals surface area contributed by atoms with Gasteiger partial charge in [-0.05, 0) is 18.4 Å². The Bertz CT molecular complexity index is 540. The molecular formula is C16H19N3OS. The van der Waals surface area contributed by atoms with E-state index in [4.69, 9.17) is 0 Å². The highest BCUT2D eigenvalue weighted by atomic mass is 32.2. The van der Waals surface area contributed by atoms with Crippen molar-refractivity contribution in [2.75, 3.05) is 24.7 Å². The normalized spacial score (nSPS) is 24.5. The first kappa shape index (κ1) is 14.4. The molecule has 2 fully saturated rings. The highest BCUT2D eigenvalue weighted by Gasteiger charge is 2.39. The molecule has 3 rings (SSSR count). The van der Waals surface area contributed by atoms with E-state index >= 15 is 0 Å². The Labute approximate surface area is 129 Å². The molecule has 2 saturated heterocycles. The summed E-state index contributed by atoms with van der Waals surface area (Å²) in [6.07, 6.45) is 1.44. The van der Waals surface area contributed by atoms with Gasteiger partial charge in [-0.25, -0.2) is 0 Å². The van der Waals surface area contributed by atoms with Gasteiger partial charge < -0.3 is 4.90 Å². The number of piperidine rings is 1. The third kappa shape index (κ3) is 2.78. The van der Waals surface area contributed by atoms with Crippen LogP contribution in [0.3, 0.4) is 0 Å². The number of hydrogen-bond donors (Lipinski definition) is 1. The summed E-state index contributed by atoms with van der Waals surface area (Å²) in [4.78, 5) is 14.3. The minimum atomic E-state index is -0.435. The molecule has 0 spiro atoms. The van der Waals surface area contributed by atoms with Crippen LogP contribution in [-0.4, -0.2) is 41.6 Å². The number of rotatable bonds is 2. The lowest BCUT2D eigenvalue weighted by Crippen LogP contribution is -2.50. The number of benzene rings is 1. The number of thioether (sulfide) groups is 1. The molecule has 1 aromatic carbocycles. The molecule has 5 heteroatoms. The lowest BCUT2D eigenvalue weighted by atomic mass is 9.74. The molecule has 0 saturated carbocycles. The van der Waals surface area contributed by atoms with Gasteiger partial charge in [0.15, 0.2) is 0 Å². The van der Waals surface area contributed by atoms with Gasteiger partial charge >= 0.3 is 0 Å². The fraction of sp³-hybridized carbons (Fsp3) is 0.500. The molecule has 1 aromatic rings. The van der Waals surface area contributed by atoms with Crippen LogP contribution in [0.25, 0.3) is 0 Å². The molecule has 0 bridgehead atoms. The van der Waals surface area contributed by atoms with E-state index in [9.17, 15) is 10.1 Å². The molecule has 0 radical (unpaired) electrons. The van der Waals surface area contributed by atoms with Gasteiger partial charge in [0.2, 0.25) is 5.91 Å². The number of carbonyl (C=O) groups excluding carboxylic acids is 1. The number of nitrogens with zero attached hydrogens (tertiary/aromatic N) is 2. The van der Waals surface area contributed by atoms with Gasteiger partial charge in [0.1, 0.15) is 0 Å². The second kappa shape index (κ2) is 6.08. The molecule has 4 nitrogen and oxygen atoms in total. The number of hydrogen-bond acceptors (Lipinski definition) is 4. The molecule has 1 N–H and O–H groups in total. The summed E-state index contributed by atoms with van der Waals surface area (Å²) in [7, 11) is 0. The molecule has 2 aliphatic rings. The second-order valence-electron chi connectivity index (χ2n) is 5.66. The third-order valence-electron chi connectivity index (χ3n) is 4.48. The third-order valence-corrected chi connectivity index (χ3v) is 5.42. The zero-order valence-electron chi connectivity index (χ0n) is 11.9. The Hall–Kier alpha value is -1.51. The van der Waals surface area contributed by atoms with Crippen LogP contribution >= 0.6 is 11.8 Å². The summed E-state index contributed by atoms with van der Waals surface area (Å²) < 4.78 is 0. The summed E-state index contributed by atoms with van der Waals surface area (Å²) in [5, 5.41) is 12.9. The molecular weight excluding hydrogens is 282 g/mol. The Morgan fingerprint density at radius 3 is 2.62 bits per heavy atom. The highest BCUT2D eigenvalue weighted by Crippen LogP contribution is 2.35. The predicted molar refractivity (Wildman–Crippen MR) is 83.8 cm³/mol. The molecule has 1 amide bonds. The number of nitriles is 1. The average Bonchev–Trinajstić information content (AvgIpc) is 3.09. The molecule has 2 aliphatic heterocycles. The van der Waals surface area contributed by atoms with Gasteiger partial charge in [-0.3, -0.25) is 10.1 Å². The van der Waals surface area contributed by atoms with E-state index in [0.717, 1.165) is 30.0 Å². The molecule has 110 valence electrons. The summed E-state index contributed by atoms with van der Waals surface area (Å²) in [6, 6.07) is 12.4. The first-order valence-electron chi connectivity index (χ1n) is 7.32. The minimum Gasteiger partial charge on any atom is -0.341 e. The van der Waals surface area contributed by atoms with Crippen molar-refractivity contribution in [2.45, 2.75) is 24.3 Å². The molecule has 2 heterocycles. The average molecular weight is 301 g/mol. The molecule has 1 atom stereocenters. The summed E-state index contributed by atoms with van der Waals surface area (Å²) in [5.74, 6) is 1.91. The predicted octanol–water partition coefficient (Wildman–Crippen LogP) is 1.73. The van der Waals surface area contributed by atoms with E-state index in [-0.39, 0.29) is 11.9 Å². The van der Waals surface area contributed by atoms with Crippen molar-refractivity contribution in [1.29, 1.82) is 5.26 Å². The smallest absolute Gasteiger partial charge is 0.240 e. The second-order valence-corrected chi connectivity index (χ2v) is 6.69. The van der Waals surface area contributed by atoms with Crippen LogP contribution in [0.2, 0.25) is 0 Å². The zero-order chi connectivity index (χ0) is 14.7. The van der Waals surface area contributed by atoms with Gasteiger partial charge in [0, 0.05) is 24.7 Å². The van der Waals surface area contributed by atoms with E-state index in [1.165, 1.54) is 0 Å². The number of carbonyl (C=O) groups is 1. The fourth-order valence-electron chi connectivity index (χ4n) is 3.11. The van der Waals surface area contributed by atoms with Crippen LogP contribution in [0.15, 0.2) is 30.3 Å². The van der Waals surface area contributed by atoms with Crippen LogP contribution in [0.5, 0.6) is 0 Å². The lowest BCUT2D eigenvalue weighted by Gasteiger charge is -2.38. The van der Waals surface area contributed by atoms with Crippen LogP contribution in [-0.2, 0) is 10.2 Å². The van der Waals surface area contributed by atoms with Gasteiger partial charge in [-0.1, -0.05) is 30.3 Å². The number of likely N-dealkylation sites (tertiary alicyclic amines) is 1. The summed E-state index contributed by atoms with van der Waals surface area (Å²) >= 11 is 1.76. The van der Waals surface area contributed by atoms with Crippen molar-refractivity contribution in [1.82, 2.24) is 10.2 Å². The largest absolute Gasteiger partial charge is 0.341 e. The standard InChI is InChI=1S/C16H19N3OS/c17-11-16(13-4-2-1-3-5-13)6-8-19(9-7-16)15(20)14-10-21-12-18-14/h1-5,14,18H,6-10,12H2. The van der Waals surface area contributed by atoms with Crippen LogP contribution in [0, 0.1) is 11.3 Å². The van der Waals surface area contributed by atoms with Gasteiger partial charge in [0.25, 0.3) is 0 Å². The minimum absolute atomic E-state index is 0.0405. The van der Waals surface area contributed by atoms with Crippen molar-refractivity contribution in [3.05, 3.63) is 35.9 Å². The maximum atomic E-state index is 12.4. The van der Waals surface area contributed by atoms with Crippen molar-refractivity contribution >= 4 is 17.7 Å². The van der Waals surface area contributed by atoms with E-state index in [0.29, 0.717) is 13.1 Å². The van der Waals surface area contributed by atoms with E-state index < -0.39 is 5.41 Å². The first-order valence-corrected chi connectivity index (χ1v) is 8.47. The quantitative estimate of drug-likeness (QED) is 0.904. The SMILES string of the molecule is N#CC1(c2ccccc2)CCN(C(=O)C2CSCN2)CC1. The highest BCUT2D eigenvalue weighted by molar-refractivity contribution is 7.99. The van der Waals surface area contributed by atoms with Gasteiger partial charge in [-0.15, -0.1) is 11.8 Å². The van der Waals surface area contributed by atoms with Crippen molar-refractivity contribution in [3.8, 4) is 6.07 Å². The van der Waals surface area contributed by atoms with Gasteiger partial charge in [-0.2, -0.15) is 5.26 Å². The molecule has 0 aromatic heterocycles. The van der Waals surface area contributed by atoms with E-state index in [1.54, 1.807) is 11.8 Å². The van der Waals surface area contributed by atoms with E-state index in [2.05, 4.69) is 11.4 Å². The number of nitrogens with one attached hydrogen (secondary N) is 1. The maximum Gasteiger partial charge on any atom is 0.240 e. The molecule has 21 heavy (non-hydrogen) atoms. The summed E-state index contributed by atoms with van der Waals surface area (Å²) in [6.45, 7) is 1.34. The number of amides is 1. The Morgan fingerprint density at radius 2 is 2.05 bits per heavy atom. The fourth-order valence-corrected chi connectivity index (χ4v) is 4.04.